The Balaban J connectivity index is 1.65. The molecule has 0 bridgehead atoms. The molecule has 2 amide bonds. The predicted octanol–water partition coefficient (Wildman–Crippen LogP) is 2.06. The van der Waals surface area contributed by atoms with Crippen LogP contribution >= 0.6 is 0 Å². The van der Waals surface area contributed by atoms with E-state index in [9.17, 15) is 14.7 Å². The van der Waals surface area contributed by atoms with Crippen LogP contribution in [0.5, 0.6) is 0 Å². The Labute approximate surface area is 152 Å². The molecule has 3 rings (SSSR count). The lowest BCUT2D eigenvalue weighted by Gasteiger charge is -2.36. The van der Waals surface area contributed by atoms with Crippen LogP contribution < -0.4 is 10.6 Å². The van der Waals surface area contributed by atoms with Gasteiger partial charge in [0.15, 0.2) is 0 Å². The van der Waals surface area contributed by atoms with Gasteiger partial charge in [-0.1, -0.05) is 42.2 Å². The molecule has 0 saturated heterocycles. The zero-order chi connectivity index (χ0) is 18.4. The maximum absolute atomic E-state index is 12.1. The van der Waals surface area contributed by atoms with E-state index >= 15 is 0 Å². The van der Waals surface area contributed by atoms with E-state index in [1.807, 2.05) is 36.4 Å². The minimum Gasteiger partial charge on any atom is -0.388 e. The number of carbonyl (C=O) groups excluding carboxylic acids is 2. The topological polar surface area (TPSA) is 78.4 Å². The Morgan fingerprint density at radius 3 is 2.35 bits per heavy atom. The lowest BCUT2D eigenvalue weighted by atomic mass is 9.80. The average molecular weight is 348 g/mol. The maximum atomic E-state index is 12.1. The summed E-state index contributed by atoms with van der Waals surface area (Å²) < 4.78 is 0. The highest BCUT2D eigenvalue weighted by molar-refractivity contribution is 6.39. The van der Waals surface area contributed by atoms with E-state index in [1.54, 1.807) is 18.2 Å². The highest BCUT2D eigenvalue weighted by Gasteiger charge is 2.35. The van der Waals surface area contributed by atoms with Crippen molar-refractivity contribution in [2.24, 2.45) is 0 Å². The van der Waals surface area contributed by atoms with Crippen LogP contribution in [-0.4, -0.2) is 29.1 Å². The molecule has 0 aliphatic heterocycles. The van der Waals surface area contributed by atoms with Gasteiger partial charge in [0.05, 0.1) is 11.3 Å². The molecule has 0 unspecified atom stereocenters. The van der Waals surface area contributed by atoms with E-state index < -0.39 is 17.4 Å². The summed E-state index contributed by atoms with van der Waals surface area (Å²) in [5.41, 5.74) is 1.09. The SMILES string of the molecule is O=C(NCC1(O)CCC1)C(=O)Nc1ccccc1C#Cc1ccccc1. The molecule has 0 atom stereocenters. The van der Waals surface area contributed by atoms with Crippen LogP contribution in [0.15, 0.2) is 54.6 Å². The zero-order valence-corrected chi connectivity index (χ0v) is 14.3. The van der Waals surface area contributed by atoms with Crippen LogP contribution in [0.1, 0.15) is 30.4 Å². The molecule has 132 valence electrons. The van der Waals surface area contributed by atoms with Crippen molar-refractivity contribution in [2.45, 2.75) is 24.9 Å². The molecule has 1 aliphatic carbocycles. The third-order valence-electron chi connectivity index (χ3n) is 4.36. The third-order valence-corrected chi connectivity index (χ3v) is 4.36. The first-order valence-corrected chi connectivity index (χ1v) is 8.53. The van der Waals surface area contributed by atoms with Crippen molar-refractivity contribution in [3.05, 3.63) is 65.7 Å². The van der Waals surface area contributed by atoms with Gasteiger partial charge in [-0.25, -0.2) is 0 Å². The Morgan fingerprint density at radius 1 is 0.962 bits per heavy atom. The fourth-order valence-electron chi connectivity index (χ4n) is 2.63. The minimum atomic E-state index is -0.866. The van der Waals surface area contributed by atoms with E-state index in [2.05, 4.69) is 22.5 Å². The Hall–Kier alpha value is -3.10. The number of nitrogens with one attached hydrogen (secondary N) is 2. The molecule has 0 heterocycles. The highest BCUT2D eigenvalue weighted by atomic mass is 16.3. The summed E-state index contributed by atoms with van der Waals surface area (Å²) in [6.45, 7) is 0.0920. The first kappa shape index (κ1) is 17.7. The molecule has 5 heteroatoms. The number of rotatable bonds is 3. The largest absolute Gasteiger partial charge is 0.388 e. The van der Waals surface area contributed by atoms with Crippen molar-refractivity contribution in [1.82, 2.24) is 5.32 Å². The smallest absolute Gasteiger partial charge is 0.313 e. The van der Waals surface area contributed by atoms with E-state index in [1.165, 1.54) is 0 Å². The average Bonchev–Trinajstić information content (AvgIpc) is 2.64. The van der Waals surface area contributed by atoms with Crippen molar-refractivity contribution in [2.75, 3.05) is 11.9 Å². The van der Waals surface area contributed by atoms with Crippen LogP contribution in [0.3, 0.4) is 0 Å². The lowest BCUT2D eigenvalue weighted by Crippen LogP contribution is -2.49. The fraction of sp³-hybridized carbons (Fsp3) is 0.238. The summed E-state index contributed by atoms with van der Waals surface area (Å²) in [7, 11) is 0. The quantitative estimate of drug-likeness (QED) is 0.587. The normalized spacial score (nSPS) is 14.3. The monoisotopic (exact) mass is 348 g/mol. The molecule has 2 aromatic rings. The second kappa shape index (κ2) is 7.85. The highest BCUT2D eigenvalue weighted by Crippen LogP contribution is 2.30. The predicted molar refractivity (Wildman–Crippen MR) is 99.3 cm³/mol. The van der Waals surface area contributed by atoms with Crippen molar-refractivity contribution >= 4 is 17.5 Å². The van der Waals surface area contributed by atoms with Crippen LogP contribution in [0.4, 0.5) is 5.69 Å². The Kier molecular flexibility index (Phi) is 5.35. The van der Waals surface area contributed by atoms with E-state index in [0.717, 1.165) is 12.0 Å². The van der Waals surface area contributed by atoms with Gasteiger partial charge in [0.1, 0.15) is 0 Å². The summed E-state index contributed by atoms with van der Waals surface area (Å²) in [6.07, 6.45) is 2.23. The van der Waals surface area contributed by atoms with Crippen molar-refractivity contribution in [3.63, 3.8) is 0 Å². The first-order valence-electron chi connectivity index (χ1n) is 8.53. The molecule has 2 aromatic carbocycles. The molecule has 26 heavy (non-hydrogen) atoms. The molecule has 0 radical (unpaired) electrons. The standard InChI is InChI=1S/C21H20N2O3/c24-19(22-15-21(26)13-6-14-21)20(25)23-18-10-5-4-9-17(18)12-11-16-7-2-1-3-8-16/h1-5,7-10,26H,6,13-15H2,(H,22,24)(H,23,25). The van der Waals surface area contributed by atoms with E-state index in [4.69, 9.17) is 0 Å². The van der Waals surface area contributed by atoms with Gasteiger partial charge in [-0.3, -0.25) is 9.59 Å². The summed E-state index contributed by atoms with van der Waals surface area (Å²) in [4.78, 5) is 24.1. The summed E-state index contributed by atoms with van der Waals surface area (Å²) in [5, 5.41) is 15.1. The van der Waals surface area contributed by atoms with Gasteiger partial charge in [-0.15, -0.1) is 0 Å². The number of hydrogen-bond donors (Lipinski definition) is 3. The Morgan fingerprint density at radius 2 is 1.65 bits per heavy atom. The number of para-hydroxylation sites is 1. The molecule has 1 fully saturated rings. The van der Waals surface area contributed by atoms with Gasteiger partial charge in [0.2, 0.25) is 0 Å². The Bertz CT molecular complexity index is 862. The molecule has 1 aliphatic rings. The minimum absolute atomic E-state index is 0.0920. The van der Waals surface area contributed by atoms with Crippen LogP contribution in [0.25, 0.3) is 0 Å². The number of hydrogen-bond acceptors (Lipinski definition) is 3. The van der Waals surface area contributed by atoms with Crippen molar-refractivity contribution < 1.29 is 14.7 Å². The van der Waals surface area contributed by atoms with Gasteiger partial charge in [0.25, 0.3) is 0 Å². The van der Waals surface area contributed by atoms with Gasteiger partial charge in [0, 0.05) is 17.7 Å². The molecule has 5 nitrogen and oxygen atoms in total. The fourth-order valence-corrected chi connectivity index (χ4v) is 2.63. The maximum Gasteiger partial charge on any atom is 0.313 e. The third kappa shape index (κ3) is 4.50. The van der Waals surface area contributed by atoms with Gasteiger partial charge >= 0.3 is 11.8 Å². The first-order chi connectivity index (χ1) is 12.6. The molecule has 0 spiro atoms. The molecule has 0 aromatic heterocycles. The lowest BCUT2D eigenvalue weighted by molar-refractivity contribution is -0.137. The van der Waals surface area contributed by atoms with Crippen LogP contribution in [0.2, 0.25) is 0 Å². The molecule has 3 N–H and O–H groups in total. The number of carbonyl (C=O) groups is 2. The summed E-state index contributed by atoms with van der Waals surface area (Å²) in [6, 6.07) is 16.6. The number of anilines is 1. The van der Waals surface area contributed by atoms with E-state index in [0.29, 0.717) is 24.1 Å². The van der Waals surface area contributed by atoms with Gasteiger partial charge in [-0.05, 0) is 43.5 Å². The van der Waals surface area contributed by atoms with Crippen LogP contribution in [0, 0.1) is 11.8 Å². The van der Waals surface area contributed by atoms with Crippen molar-refractivity contribution in [3.8, 4) is 11.8 Å². The van der Waals surface area contributed by atoms with E-state index in [-0.39, 0.29) is 6.54 Å². The molecular weight excluding hydrogens is 328 g/mol. The summed E-state index contributed by atoms with van der Waals surface area (Å²) >= 11 is 0. The second-order valence-electron chi connectivity index (χ2n) is 6.38. The second-order valence-corrected chi connectivity index (χ2v) is 6.38. The zero-order valence-electron chi connectivity index (χ0n) is 14.3. The number of benzene rings is 2. The van der Waals surface area contributed by atoms with Gasteiger partial charge < -0.3 is 15.7 Å². The van der Waals surface area contributed by atoms with Crippen molar-refractivity contribution in [1.29, 1.82) is 0 Å². The number of amides is 2. The van der Waals surface area contributed by atoms with Crippen LogP contribution in [-0.2, 0) is 9.59 Å². The number of aliphatic hydroxyl groups is 1. The molecule has 1 saturated carbocycles. The molecular formula is C21H20N2O3. The summed E-state index contributed by atoms with van der Waals surface area (Å²) in [5.74, 6) is 4.50. The van der Waals surface area contributed by atoms with Gasteiger partial charge in [-0.2, -0.15) is 0 Å².